The molecule has 0 saturated heterocycles. The Labute approximate surface area is 154 Å². The molecule has 1 N–H and O–H groups in total. The number of hydrogen-bond acceptors (Lipinski definition) is 2. The first-order valence-corrected chi connectivity index (χ1v) is 9.73. The molecule has 0 spiro atoms. The Morgan fingerprint density at radius 3 is 2.67 bits per heavy atom. The minimum absolute atomic E-state index is 0.00823. The maximum atomic E-state index is 12.7. The summed E-state index contributed by atoms with van der Waals surface area (Å²) in [5.74, 6) is 0.424. The molecule has 0 aliphatic rings. The van der Waals surface area contributed by atoms with E-state index in [1.54, 1.807) is 11.3 Å². The largest absolute Gasteiger partial charge is 0.351 e. The summed E-state index contributed by atoms with van der Waals surface area (Å²) < 4.78 is 4.28. The van der Waals surface area contributed by atoms with Gasteiger partial charge in [-0.25, -0.2) is 0 Å². The van der Waals surface area contributed by atoms with Crippen molar-refractivity contribution in [2.45, 2.75) is 27.3 Å². The molecule has 0 aliphatic carbocycles. The van der Waals surface area contributed by atoms with Crippen LogP contribution in [0.15, 0.2) is 40.2 Å². The normalized spacial score (nSPS) is 11.4. The maximum absolute atomic E-state index is 12.7. The average Bonchev–Trinajstić information content (AvgIpc) is 3.08. The lowest BCUT2D eigenvalue weighted by Gasteiger charge is -2.12. The molecule has 0 bridgehead atoms. The molecule has 1 amide bonds. The first-order valence-electron chi connectivity index (χ1n) is 8.05. The highest BCUT2D eigenvalue weighted by Crippen LogP contribution is 2.33. The van der Waals surface area contributed by atoms with Crippen LogP contribution in [0, 0.1) is 12.8 Å². The Morgan fingerprint density at radius 2 is 2.00 bits per heavy atom. The van der Waals surface area contributed by atoms with Crippen LogP contribution in [0.4, 0.5) is 0 Å². The summed E-state index contributed by atoms with van der Waals surface area (Å²) in [5, 5.41) is 5.11. The van der Waals surface area contributed by atoms with Crippen LogP contribution < -0.4 is 5.32 Å². The summed E-state index contributed by atoms with van der Waals surface area (Å²) in [6.45, 7) is 7.65. The number of hydrogen-bond donors (Lipinski definition) is 1. The second-order valence-electron chi connectivity index (χ2n) is 6.50. The highest BCUT2D eigenvalue weighted by Gasteiger charge is 2.19. The van der Waals surface area contributed by atoms with Gasteiger partial charge >= 0.3 is 0 Å². The SMILES string of the molecule is Cc1ccc(Cn2c(C(=O)NCC(C)C)cc3scc(Br)c32)cc1. The zero-order valence-corrected chi connectivity index (χ0v) is 16.5. The second kappa shape index (κ2) is 7.11. The number of thiophene rings is 1. The number of nitrogens with one attached hydrogen (secondary N) is 1. The molecular formula is C19H21BrN2OS. The van der Waals surface area contributed by atoms with E-state index in [9.17, 15) is 4.79 Å². The molecule has 2 aromatic heterocycles. The first-order chi connectivity index (χ1) is 11.5. The van der Waals surface area contributed by atoms with Gasteiger partial charge in [0.25, 0.3) is 5.91 Å². The molecule has 5 heteroatoms. The van der Waals surface area contributed by atoms with Gasteiger partial charge < -0.3 is 9.88 Å². The van der Waals surface area contributed by atoms with Gasteiger partial charge in [-0.2, -0.15) is 0 Å². The van der Waals surface area contributed by atoms with E-state index in [-0.39, 0.29) is 5.91 Å². The van der Waals surface area contributed by atoms with E-state index in [1.165, 1.54) is 11.1 Å². The van der Waals surface area contributed by atoms with Gasteiger partial charge in [-0.15, -0.1) is 11.3 Å². The van der Waals surface area contributed by atoms with E-state index in [4.69, 9.17) is 0 Å². The molecule has 3 rings (SSSR count). The van der Waals surface area contributed by atoms with Crippen molar-refractivity contribution in [2.24, 2.45) is 5.92 Å². The van der Waals surface area contributed by atoms with Crippen LogP contribution in [0.25, 0.3) is 10.2 Å². The van der Waals surface area contributed by atoms with Gasteiger partial charge in [-0.3, -0.25) is 4.79 Å². The van der Waals surface area contributed by atoms with Crippen LogP contribution >= 0.6 is 27.3 Å². The predicted molar refractivity (Wildman–Crippen MR) is 105 cm³/mol. The number of carbonyl (C=O) groups excluding carboxylic acids is 1. The fourth-order valence-corrected chi connectivity index (χ4v) is 4.34. The molecule has 126 valence electrons. The lowest BCUT2D eigenvalue weighted by molar-refractivity contribution is 0.0940. The highest BCUT2D eigenvalue weighted by molar-refractivity contribution is 9.10. The fourth-order valence-electron chi connectivity index (χ4n) is 2.65. The lowest BCUT2D eigenvalue weighted by Crippen LogP contribution is -2.29. The standard InChI is InChI=1S/C19H21BrN2OS/c1-12(2)9-21-19(23)16-8-17-18(15(20)11-24-17)22(16)10-14-6-4-13(3)5-7-14/h4-8,11-12H,9-10H2,1-3H3,(H,21,23). The number of aryl methyl sites for hydroxylation is 1. The topological polar surface area (TPSA) is 34.0 Å². The average molecular weight is 405 g/mol. The predicted octanol–water partition coefficient (Wildman–Crippen LogP) is 5.21. The van der Waals surface area contributed by atoms with Crippen molar-refractivity contribution >= 4 is 43.4 Å². The van der Waals surface area contributed by atoms with Gasteiger partial charge in [0, 0.05) is 18.5 Å². The van der Waals surface area contributed by atoms with Crippen molar-refractivity contribution in [3.8, 4) is 0 Å². The Kier molecular flexibility index (Phi) is 5.11. The molecule has 0 atom stereocenters. The number of nitrogens with zero attached hydrogens (tertiary/aromatic N) is 1. The lowest BCUT2D eigenvalue weighted by atomic mass is 10.1. The zero-order chi connectivity index (χ0) is 17.3. The molecule has 3 nitrogen and oxygen atoms in total. The second-order valence-corrected chi connectivity index (χ2v) is 8.27. The van der Waals surface area contributed by atoms with E-state index in [0.717, 1.165) is 20.4 Å². The summed E-state index contributed by atoms with van der Waals surface area (Å²) in [7, 11) is 0. The number of amides is 1. The fraction of sp³-hybridized carbons (Fsp3) is 0.316. The van der Waals surface area contributed by atoms with Crippen molar-refractivity contribution in [3.63, 3.8) is 0 Å². The molecule has 0 radical (unpaired) electrons. The Bertz CT molecular complexity index is 862. The van der Waals surface area contributed by atoms with Crippen LogP contribution in [-0.4, -0.2) is 17.0 Å². The molecule has 2 heterocycles. The van der Waals surface area contributed by atoms with E-state index in [1.807, 2.05) is 6.07 Å². The number of rotatable bonds is 5. The van der Waals surface area contributed by atoms with Crippen LogP contribution in [0.5, 0.6) is 0 Å². The van der Waals surface area contributed by atoms with E-state index < -0.39 is 0 Å². The van der Waals surface area contributed by atoms with Crippen molar-refractivity contribution in [2.75, 3.05) is 6.54 Å². The van der Waals surface area contributed by atoms with Gasteiger partial charge in [0.2, 0.25) is 0 Å². The minimum Gasteiger partial charge on any atom is -0.351 e. The third-order valence-corrected chi connectivity index (χ3v) is 5.77. The van der Waals surface area contributed by atoms with E-state index >= 15 is 0 Å². The number of halogens is 1. The van der Waals surface area contributed by atoms with E-state index in [0.29, 0.717) is 19.0 Å². The van der Waals surface area contributed by atoms with Crippen molar-refractivity contribution in [3.05, 3.63) is 57.0 Å². The van der Waals surface area contributed by atoms with Gasteiger partial charge in [-0.05, 0) is 40.4 Å². The Hall–Kier alpha value is -1.59. The maximum Gasteiger partial charge on any atom is 0.267 e. The van der Waals surface area contributed by atoms with Gasteiger partial charge in [0.15, 0.2) is 0 Å². The van der Waals surface area contributed by atoms with Gasteiger partial charge in [0.05, 0.1) is 14.7 Å². The number of carbonyl (C=O) groups is 1. The smallest absolute Gasteiger partial charge is 0.267 e. The summed E-state index contributed by atoms with van der Waals surface area (Å²) >= 11 is 5.28. The number of aromatic nitrogens is 1. The first kappa shape index (κ1) is 17.2. The van der Waals surface area contributed by atoms with Gasteiger partial charge in [-0.1, -0.05) is 43.7 Å². The minimum atomic E-state index is -0.00823. The summed E-state index contributed by atoms with van der Waals surface area (Å²) in [4.78, 5) is 12.7. The number of benzene rings is 1. The summed E-state index contributed by atoms with van der Waals surface area (Å²) in [5.41, 5.74) is 4.24. The third kappa shape index (κ3) is 3.57. The van der Waals surface area contributed by atoms with Crippen molar-refractivity contribution < 1.29 is 4.79 Å². The molecule has 0 saturated carbocycles. The van der Waals surface area contributed by atoms with Crippen LogP contribution in [0.1, 0.15) is 35.5 Å². The number of fused-ring (bicyclic) bond motifs is 1. The van der Waals surface area contributed by atoms with Crippen molar-refractivity contribution in [1.82, 2.24) is 9.88 Å². The summed E-state index contributed by atoms with van der Waals surface area (Å²) in [6.07, 6.45) is 0. The molecule has 0 unspecified atom stereocenters. The molecule has 1 aromatic carbocycles. The van der Waals surface area contributed by atoms with Gasteiger partial charge in [0.1, 0.15) is 5.69 Å². The van der Waals surface area contributed by atoms with Crippen LogP contribution in [0.3, 0.4) is 0 Å². The Morgan fingerprint density at radius 1 is 1.29 bits per heavy atom. The quantitative estimate of drug-likeness (QED) is 0.622. The highest BCUT2D eigenvalue weighted by atomic mass is 79.9. The molecular weight excluding hydrogens is 384 g/mol. The molecule has 0 aliphatic heterocycles. The molecule has 3 aromatic rings. The van der Waals surface area contributed by atoms with Crippen molar-refractivity contribution in [1.29, 1.82) is 0 Å². The monoisotopic (exact) mass is 404 g/mol. The van der Waals surface area contributed by atoms with Crippen LogP contribution in [0.2, 0.25) is 0 Å². The molecule has 24 heavy (non-hydrogen) atoms. The summed E-state index contributed by atoms with van der Waals surface area (Å²) in [6, 6.07) is 10.5. The molecule has 0 fully saturated rings. The van der Waals surface area contributed by atoms with E-state index in [2.05, 4.69) is 76.2 Å². The van der Waals surface area contributed by atoms with Crippen LogP contribution in [-0.2, 0) is 6.54 Å². The zero-order valence-electron chi connectivity index (χ0n) is 14.1. The third-order valence-electron chi connectivity index (χ3n) is 3.94. The Balaban J connectivity index is 1.99.